The Morgan fingerprint density at radius 1 is 1.21 bits per heavy atom. The first-order valence-corrected chi connectivity index (χ1v) is 9.47. The molecule has 0 aliphatic carbocycles. The van der Waals surface area contributed by atoms with Gasteiger partial charge in [0.2, 0.25) is 0 Å². The first-order valence-electron chi connectivity index (χ1n) is 9.09. The third-order valence-corrected chi connectivity index (χ3v) is 4.92. The summed E-state index contributed by atoms with van der Waals surface area (Å²) in [4.78, 5) is 25.7. The number of ether oxygens (including phenoxy) is 1. The highest BCUT2D eigenvalue weighted by Crippen LogP contribution is 2.24. The lowest BCUT2D eigenvalue weighted by Gasteiger charge is -2.26. The summed E-state index contributed by atoms with van der Waals surface area (Å²) in [6.45, 7) is 2.90. The molecule has 6 nitrogen and oxygen atoms in total. The fourth-order valence-electron chi connectivity index (χ4n) is 3.02. The second-order valence-electron chi connectivity index (χ2n) is 6.56. The molecule has 1 saturated heterocycles. The Morgan fingerprint density at radius 3 is 2.57 bits per heavy atom. The van der Waals surface area contributed by atoms with E-state index in [0.717, 1.165) is 19.3 Å². The Labute approximate surface area is 167 Å². The molecular weight excluding hydrogens is 385 g/mol. The molecule has 0 spiro atoms. The molecule has 0 saturated carbocycles. The molecule has 148 valence electrons. The van der Waals surface area contributed by atoms with Crippen molar-refractivity contribution in [2.45, 2.75) is 26.2 Å². The number of carbonyl (C=O) groups excluding carboxylic acids is 2. The van der Waals surface area contributed by atoms with Gasteiger partial charge >= 0.3 is 5.97 Å². The van der Waals surface area contributed by atoms with Crippen LogP contribution < -0.4 is 0 Å². The fourth-order valence-corrected chi connectivity index (χ4v) is 3.36. The molecule has 0 atom stereocenters. The van der Waals surface area contributed by atoms with Gasteiger partial charge in [-0.15, -0.1) is 0 Å². The van der Waals surface area contributed by atoms with Crippen LogP contribution in [0.25, 0.3) is 11.8 Å². The Kier molecular flexibility index (Phi) is 6.46. The number of nitrogens with zero attached hydrogens (tertiary/aromatic N) is 3. The number of hydrogen-bond donors (Lipinski definition) is 0. The number of piperidine rings is 1. The zero-order valence-corrected chi connectivity index (χ0v) is 16.3. The van der Waals surface area contributed by atoms with E-state index >= 15 is 0 Å². The molecule has 28 heavy (non-hydrogen) atoms. The van der Waals surface area contributed by atoms with Gasteiger partial charge in [0.1, 0.15) is 11.0 Å². The van der Waals surface area contributed by atoms with Gasteiger partial charge in [0.15, 0.2) is 6.61 Å². The number of amides is 1. The summed E-state index contributed by atoms with van der Waals surface area (Å²) in [5, 5.41) is 4.61. The number of likely N-dealkylation sites (tertiary alicyclic amines) is 1. The average molecular weight is 406 g/mol. The average Bonchev–Trinajstić information content (AvgIpc) is 2.99. The highest BCUT2D eigenvalue weighted by Gasteiger charge is 2.18. The fraction of sp³-hybridized carbons (Fsp3) is 0.350. The molecule has 8 heteroatoms. The van der Waals surface area contributed by atoms with Crippen LogP contribution >= 0.6 is 11.6 Å². The van der Waals surface area contributed by atoms with Crippen molar-refractivity contribution in [1.82, 2.24) is 14.7 Å². The van der Waals surface area contributed by atoms with E-state index in [-0.39, 0.29) is 23.5 Å². The van der Waals surface area contributed by atoms with E-state index in [0.29, 0.717) is 30.0 Å². The van der Waals surface area contributed by atoms with Gasteiger partial charge in [-0.3, -0.25) is 4.79 Å². The minimum atomic E-state index is -0.629. The van der Waals surface area contributed by atoms with Crippen molar-refractivity contribution in [2.75, 3.05) is 19.7 Å². The van der Waals surface area contributed by atoms with E-state index < -0.39 is 5.97 Å². The van der Waals surface area contributed by atoms with Gasteiger partial charge in [-0.05, 0) is 56.5 Å². The van der Waals surface area contributed by atoms with Gasteiger partial charge in [0, 0.05) is 24.7 Å². The molecule has 0 radical (unpaired) electrons. The van der Waals surface area contributed by atoms with Gasteiger partial charge in [0.25, 0.3) is 5.91 Å². The lowest BCUT2D eigenvalue weighted by atomic mass is 10.1. The highest BCUT2D eigenvalue weighted by atomic mass is 35.5. The second kappa shape index (κ2) is 9.01. The lowest BCUT2D eigenvalue weighted by Crippen LogP contribution is -2.38. The zero-order valence-electron chi connectivity index (χ0n) is 15.5. The third kappa shape index (κ3) is 4.78. The molecule has 2 aromatic rings. The van der Waals surface area contributed by atoms with E-state index in [9.17, 15) is 14.0 Å². The van der Waals surface area contributed by atoms with E-state index in [1.165, 1.54) is 29.0 Å². The highest BCUT2D eigenvalue weighted by molar-refractivity contribution is 6.31. The van der Waals surface area contributed by atoms with Crippen molar-refractivity contribution < 1.29 is 18.7 Å². The summed E-state index contributed by atoms with van der Waals surface area (Å²) >= 11 is 6.36. The first-order chi connectivity index (χ1) is 13.5. The molecule has 1 aromatic heterocycles. The van der Waals surface area contributed by atoms with Crippen molar-refractivity contribution in [3.63, 3.8) is 0 Å². The van der Waals surface area contributed by atoms with Crippen LogP contribution in [-0.2, 0) is 14.3 Å². The summed E-state index contributed by atoms with van der Waals surface area (Å²) in [7, 11) is 0. The maximum Gasteiger partial charge on any atom is 0.331 e. The zero-order chi connectivity index (χ0) is 20.1. The van der Waals surface area contributed by atoms with Crippen LogP contribution in [0.15, 0.2) is 30.3 Å². The van der Waals surface area contributed by atoms with Gasteiger partial charge in [-0.25, -0.2) is 13.9 Å². The summed E-state index contributed by atoms with van der Waals surface area (Å²) in [5.41, 5.74) is 1.75. The number of esters is 1. The van der Waals surface area contributed by atoms with Crippen molar-refractivity contribution in [3.05, 3.63) is 52.6 Å². The third-order valence-electron chi connectivity index (χ3n) is 4.55. The molecule has 2 heterocycles. The SMILES string of the molecule is Cc1nn(-c2ccc(F)cc2)c(Cl)c1/C=C/C(=O)OCC(=O)N1CCCCC1. The quantitative estimate of drug-likeness (QED) is 0.563. The monoisotopic (exact) mass is 405 g/mol. The smallest absolute Gasteiger partial charge is 0.331 e. The topological polar surface area (TPSA) is 64.4 Å². The van der Waals surface area contributed by atoms with Crippen molar-refractivity contribution in [3.8, 4) is 5.69 Å². The second-order valence-corrected chi connectivity index (χ2v) is 6.92. The predicted molar refractivity (Wildman–Crippen MR) is 104 cm³/mol. The Balaban J connectivity index is 1.62. The summed E-state index contributed by atoms with van der Waals surface area (Å²) in [5.74, 6) is -1.17. The Morgan fingerprint density at radius 2 is 1.89 bits per heavy atom. The van der Waals surface area contributed by atoms with Crippen LogP contribution in [0.5, 0.6) is 0 Å². The number of hydrogen-bond acceptors (Lipinski definition) is 4. The van der Waals surface area contributed by atoms with Crippen molar-refractivity contribution in [2.24, 2.45) is 0 Å². The number of rotatable bonds is 5. The van der Waals surface area contributed by atoms with E-state index in [1.54, 1.807) is 24.0 Å². The Hall–Kier alpha value is -2.67. The maximum absolute atomic E-state index is 13.1. The van der Waals surface area contributed by atoms with E-state index in [1.807, 2.05) is 0 Å². The van der Waals surface area contributed by atoms with E-state index in [4.69, 9.17) is 16.3 Å². The van der Waals surface area contributed by atoms with E-state index in [2.05, 4.69) is 5.10 Å². The number of benzene rings is 1. The minimum Gasteiger partial charge on any atom is -0.452 e. The Bertz CT molecular complexity index is 887. The van der Waals surface area contributed by atoms with Crippen LogP contribution in [0.4, 0.5) is 4.39 Å². The molecular formula is C20H21ClFN3O3. The molecule has 1 amide bonds. The van der Waals surface area contributed by atoms with Crippen LogP contribution in [0.2, 0.25) is 5.15 Å². The van der Waals surface area contributed by atoms with Crippen molar-refractivity contribution >= 4 is 29.6 Å². The van der Waals surface area contributed by atoms with Crippen molar-refractivity contribution in [1.29, 1.82) is 0 Å². The summed E-state index contributed by atoms with van der Waals surface area (Å²) in [6, 6.07) is 5.74. The largest absolute Gasteiger partial charge is 0.452 e. The van der Waals surface area contributed by atoms with Crippen LogP contribution in [0.1, 0.15) is 30.5 Å². The normalized spacial score (nSPS) is 14.5. The molecule has 0 N–H and O–H groups in total. The van der Waals surface area contributed by atoms with Crippen LogP contribution in [-0.4, -0.2) is 46.3 Å². The number of aryl methyl sites for hydroxylation is 1. The lowest BCUT2D eigenvalue weighted by molar-refractivity contribution is -0.148. The van der Waals surface area contributed by atoms with Crippen LogP contribution in [0, 0.1) is 12.7 Å². The maximum atomic E-state index is 13.1. The molecule has 0 bridgehead atoms. The standard InChI is InChI=1S/C20H21ClFN3O3/c1-14-17(20(21)25(23-14)16-7-5-15(22)6-8-16)9-10-19(27)28-13-18(26)24-11-3-2-4-12-24/h5-10H,2-4,11-13H2,1H3/b10-9+. The molecule has 1 aliphatic heterocycles. The molecule has 0 unspecified atom stereocenters. The molecule has 1 fully saturated rings. The van der Waals surface area contributed by atoms with Gasteiger partial charge in [0.05, 0.1) is 11.4 Å². The number of aromatic nitrogens is 2. The molecule has 1 aliphatic rings. The minimum absolute atomic E-state index is 0.181. The summed E-state index contributed by atoms with van der Waals surface area (Å²) in [6.07, 6.45) is 5.80. The summed E-state index contributed by atoms with van der Waals surface area (Å²) < 4.78 is 19.6. The number of halogens is 2. The predicted octanol–water partition coefficient (Wildman–Crippen LogP) is 3.54. The van der Waals surface area contributed by atoms with Gasteiger partial charge < -0.3 is 9.64 Å². The van der Waals surface area contributed by atoms with Crippen LogP contribution in [0.3, 0.4) is 0 Å². The molecule has 1 aromatic carbocycles. The van der Waals surface area contributed by atoms with Gasteiger partial charge in [-0.2, -0.15) is 5.10 Å². The van der Waals surface area contributed by atoms with Gasteiger partial charge in [-0.1, -0.05) is 11.6 Å². The first kappa shape index (κ1) is 20.1. The molecule has 3 rings (SSSR count). The number of carbonyl (C=O) groups is 2.